The molecule has 1 amide bonds. The van der Waals surface area contributed by atoms with Crippen molar-refractivity contribution in [3.8, 4) is 0 Å². The van der Waals surface area contributed by atoms with Crippen LogP contribution in [0.2, 0.25) is 0 Å². The van der Waals surface area contributed by atoms with Crippen LogP contribution in [0.4, 0.5) is 22.0 Å². The summed E-state index contributed by atoms with van der Waals surface area (Å²) < 4.78 is 66.0. The standard InChI is InChI=1S/C17H21F5N2O/c1-13(25)24(10-9-23-8-4-7-16(18,19)12-23)11-14-5-2-3-6-15(14)17(20,21)22/h2-3,5-6H,4,7-12H2,1H3. The van der Waals surface area contributed by atoms with E-state index in [2.05, 4.69) is 0 Å². The number of rotatable bonds is 5. The predicted octanol–water partition coefficient (Wildman–Crippen LogP) is 3.79. The third-order valence-corrected chi connectivity index (χ3v) is 4.29. The van der Waals surface area contributed by atoms with Gasteiger partial charge in [-0.1, -0.05) is 18.2 Å². The van der Waals surface area contributed by atoms with Crippen molar-refractivity contribution in [2.45, 2.75) is 38.4 Å². The summed E-state index contributed by atoms with van der Waals surface area (Å²) in [6.07, 6.45) is -4.29. The molecule has 1 aliphatic rings. The van der Waals surface area contributed by atoms with Gasteiger partial charge in [0.2, 0.25) is 5.91 Å². The quantitative estimate of drug-likeness (QED) is 0.743. The second-order valence-electron chi connectivity index (χ2n) is 6.33. The van der Waals surface area contributed by atoms with Crippen LogP contribution in [0.3, 0.4) is 0 Å². The first-order chi connectivity index (χ1) is 11.6. The number of amides is 1. The maximum absolute atomic E-state index is 13.4. The minimum atomic E-state index is -4.51. The first kappa shape index (κ1) is 19.6. The van der Waals surface area contributed by atoms with E-state index >= 15 is 0 Å². The summed E-state index contributed by atoms with van der Waals surface area (Å²) in [6, 6.07) is 5.07. The lowest BCUT2D eigenvalue weighted by molar-refractivity contribution is -0.139. The zero-order valence-electron chi connectivity index (χ0n) is 14.0. The minimum Gasteiger partial charge on any atom is -0.337 e. The van der Waals surface area contributed by atoms with Crippen molar-refractivity contribution in [1.29, 1.82) is 0 Å². The zero-order valence-corrected chi connectivity index (χ0v) is 14.0. The van der Waals surface area contributed by atoms with Crippen LogP contribution in [0, 0.1) is 0 Å². The van der Waals surface area contributed by atoms with Crippen LogP contribution in [-0.4, -0.2) is 47.8 Å². The van der Waals surface area contributed by atoms with Gasteiger partial charge in [-0.05, 0) is 24.6 Å². The van der Waals surface area contributed by atoms with E-state index in [1.165, 1.54) is 30.0 Å². The Kier molecular flexibility index (Phi) is 6.03. The monoisotopic (exact) mass is 364 g/mol. The Morgan fingerprint density at radius 3 is 2.56 bits per heavy atom. The van der Waals surface area contributed by atoms with E-state index in [4.69, 9.17) is 0 Å². The second kappa shape index (κ2) is 7.68. The Morgan fingerprint density at radius 1 is 1.28 bits per heavy atom. The van der Waals surface area contributed by atoms with Gasteiger partial charge in [0.15, 0.2) is 0 Å². The molecule has 0 aromatic heterocycles. The van der Waals surface area contributed by atoms with Gasteiger partial charge in [-0.25, -0.2) is 8.78 Å². The van der Waals surface area contributed by atoms with Crippen molar-refractivity contribution in [2.75, 3.05) is 26.2 Å². The summed E-state index contributed by atoms with van der Waals surface area (Å²) in [7, 11) is 0. The van der Waals surface area contributed by atoms with Crippen LogP contribution < -0.4 is 0 Å². The molecule has 1 fully saturated rings. The summed E-state index contributed by atoms with van der Waals surface area (Å²) in [4.78, 5) is 14.6. The highest BCUT2D eigenvalue weighted by molar-refractivity contribution is 5.73. The smallest absolute Gasteiger partial charge is 0.337 e. The van der Waals surface area contributed by atoms with E-state index in [0.29, 0.717) is 13.0 Å². The number of likely N-dealkylation sites (tertiary alicyclic amines) is 1. The van der Waals surface area contributed by atoms with Crippen molar-refractivity contribution >= 4 is 5.91 Å². The Balaban J connectivity index is 2.04. The van der Waals surface area contributed by atoms with Crippen molar-refractivity contribution in [1.82, 2.24) is 9.80 Å². The average Bonchev–Trinajstić information content (AvgIpc) is 2.49. The molecule has 0 saturated carbocycles. The van der Waals surface area contributed by atoms with Crippen molar-refractivity contribution in [2.24, 2.45) is 0 Å². The maximum atomic E-state index is 13.4. The molecule has 1 heterocycles. The summed E-state index contributed by atoms with van der Waals surface area (Å²) in [5, 5.41) is 0. The van der Waals surface area contributed by atoms with Crippen molar-refractivity contribution in [3.63, 3.8) is 0 Å². The molecule has 25 heavy (non-hydrogen) atoms. The van der Waals surface area contributed by atoms with Gasteiger partial charge in [0.1, 0.15) is 0 Å². The molecule has 1 aliphatic heterocycles. The number of hydrogen-bond donors (Lipinski definition) is 0. The van der Waals surface area contributed by atoms with Crippen LogP contribution in [0.1, 0.15) is 30.9 Å². The Bertz CT molecular complexity index is 603. The van der Waals surface area contributed by atoms with Gasteiger partial charge in [-0.15, -0.1) is 0 Å². The topological polar surface area (TPSA) is 23.6 Å². The summed E-state index contributed by atoms with van der Waals surface area (Å²) >= 11 is 0. The molecule has 0 N–H and O–H groups in total. The van der Waals surface area contributed by atoms with Crippen LogP contribution in [0.15, 0.2) is 24.3 Å². The Morgan fingerprint density at radius 2 is 1.96 bits per heavy atom. The van der Waals surface area contributed by atoms with Crippen molar-refractivity contribution in [3.05, 3.63) is 35.4 Å². The number of carbonyl (C=O) groups is 1. The SMILES string of the molecule is CC(=O)N(CCN1CCCC(F)(F)C1)Cc1ccccc1C(F)(F)F. The van der Waals surface area contributed by atoms with Crippen LogP contribution in [0.25, 0.3) is 0 Å². The molecular weight excluding hydrogens is 343 g/mol. The molecule has 2 rings (SSSR count). The van der Waals surface area contributed by atoms with Gasteiger partial charge >= 0.3 is 6.18 Å². The fourth-order valence-corrected chi connectivity index (χ4v) is 2.99. The van der Waals surface area contributed by atoms with E-state index < -0.39 is 17.7 Å². The molecule has 0 radical (unpaired) electrons. The highest BCUT2D eigenvalue weighted by Crippen LogP contribution is 2.32. The lowest BCUT2D eigenvalue weighted by Gasteiger charge is -2.34. The highest BCUT2D eigenvalue weighted by Gasteiger charge is 2.35. The third kappa shape index (κ3) is 5.66. The molecule has 0 aliphatic carbocycles. The van der Waals surface area contributed by atoms with Crippen LogP contribution >= 0.6 is 0 Å². The van der Waals surface area contributed by atoms with Gasteiger partial charge in [0.25, 0.3) is 5.92 Å². The molecule has 140 valence electrons. The molecule has 0 bridgehead atoms. The molecule has 8 heteroatoms. The number of hydrogen-bond acceptors (Lipinski definition) is 2. The number of nitrogens with zero attached hydrogens (tertiary/aromatic N) is 2. The number of benzene rings is 1. The fourth-order valence-electron chi connectivity index (χ4n) is 2.99. The van der Waals surface area contributed by atoms with Crippen LogP contribution in [0.5, 0.6) is 0 Å². The molecule has 1 aromatic rings. The van der Waals surface area contributed by atoms with E-state index in [1.807, 2.05) is 0 Å². The molecule has 0 unspecified atom stereocenters. The molecule has 1 aromatic carbocycles. The van der Waals surface area contributed by atoms with Crippen LogP contribution in [-0.2, 0) is 17.5 Å². The number of halogens is 5. The van der Waals surface area contributed by atoms with E-state index in [9.17, 15) is 26.7 Å². The minimum absolute atomic E-state index is 0.00539. The molecular formula is C17H21F5N2O. The Hall–Kier alpha value is -1.70. The molecule has 0 spiro atoms. The lowest BCUT2D eigenvalue weighted by atomic mass is 10.1. The zero-order chi connectivity index (χ0) is 18.7. The number of alkyl halides is 5. The van der Waals surface area contributed by atoms with Gasteiger partial charge in [-0.2, -0.15) is 13.2 Å². The average molecular weight is 364 g/mol. The summed E-state index contributed by atoms with van der Waals surface area (Å²) in [6.45, 7) is 1.51. The van der Waals surface area contributed by atoms with Gasteiger partial charge < -0.3 is 4.90 Å². The van der Waals surface area contributed by atoms with Gasteiger partial charge in [0, 0.05) is 33.0 Å². The van der Waals surface area contributed by atoms with E-state index in [1.54, 1.807) is 4.90 Å². The van der Waals surface area contributed by atoms with Gasteiger partial charge in [-0.3, -0.25) is 9.69 Å². The van der Waals surface area contributed by atoms with E-state index in [0.717, 1.165) is 6.07 Å². The first-order valence-electron chi connectivity index (χ1n) is 8.09. The first-order valence-corrected chi connectivity index (χ1v) is 8.09. The Labute approximate surface area is 143 Å². The maximum Gasteiger partial charge on any atom is 0.416 e. The molecule has 1 saturated heterocycles. The largest absolute Gasteiger partial charge is 0.416 e. The highest BCUT2D eigenvalue weighted by atomic mass is 19.4. The summed E-state index contributed by atoms with van der Waals surface area (Å²) in [5.74, 6) is -3.14. The number of piperidine rings is 1. The second-order valence-corrected chi connectivity index (χ2v) is 6.33. The molecule has 0 atom stereocenters. The lowest BCUT2D eigenvalue weighted by Crippen LogP contribution is -2.46. The normalized spacial score (nSPS) is 18.2. The fraction of sp³-hybridized carbons (Fsp3) is 0.588. The summed E-state index contributed by atoms with van der Waals surface area (Å²) in [5.41, 5.74) is -0.792. The van der Waals surface area contributed by atoms with E-state index in [-0.39, 0.29) is 44.1 Å². The number of carbonyl (C=O) groups excluding carboxylic acids is 1. The predicted molar refractivity (Wildman–Crippen MR) is 83.2 cm³/mol. The van der Waals surface area contributed by atoms with Gasteiger partial charge in [0.05, 0.1) is 12.1 Å². The van der Waals surface area contributed by atoms with Crippen molar-refractivity contribution < 1.29 is 26.7 Å². The third-order valence-electron chi connectivity index (χ3n) is 4.29. The molecule has 3 nitrogen and oxygen atoms in total.